The highest BCUT2D eigenvalue weighted by Crippen LogP contribution is 2.00. The van der Waals surface area contributed by atoms with E-state index in [0.717, 1.165) is 0 Å². The first kappa shape index (κ1) is 16.8. The van der Waals surface area contributed by atoms with Crippen molar-refractivity contribution in [1.82, 2.24) is 10.2 Å². The Kier molecular flexibility index (Phi) is 7.77. The van der Waals surface area contributed by atoms with E-state index in [-0.39, 0.29) is 19.4 Å². The summed E-state index contributed by atoms with van der Waals surface area (Å²) in [5, 5.41) is 19.7. The predicted molar refractivity (Wildman–Crippen MR) is 67.5 cm³/mol. The Balaban J connectivity index is 4.55. The van der Waals surface area contributed by atoms with E-state index in [9.17, 15) is 14.4 Å². The fraction of sp³-hybridized carbons (Fsp3) is 0.583. The molecule has 7 nitrogen and oxygen atoms in total. The van der Waals surface area contributed by atoms with Gasteiger partial charge in [0.15, 0.2) is 0 Å². The minimum Gasteiger partial charge on any atom is -0.481 e. The summed E-state index contributed by atoms with van der Waals surface area (Å²) >= 11 is 0. The van der Waals surface area contributed by atoms with Gasteiger partial charge in [0, 0.05) is 13.0 Å². The Bertz CT molecular complexity index is 375. The summed E-state index contributed by atoms with van der Waals surface area (Å²) in [4.78, 5) is 34.4. The number of hydrogen-bond acceptors (Lipinski definition) is 3. The molecule has 106 valence electrons. The van der Waals surface area contributed by atoms with Gasteiger partial charge in [-0.05, 0) is 12.8 Å². The number of urea groups is 1. The summed E-state index contributed by atoms with van der Waals surface area (Å²) < 4.78 is 0. The monoisotopic (exact) mass is 270 g/mol. The molecule has 0 fully saturated rings. The quantitative estimate of drug-likeness (QED) is 0.552. The summed E-state index contributed by atoms with van der Waals surface area (Å²) in [6.45, 7) is 2.34. The normalized spacial score (nSPS) is 11.2. The molecule has 3 N–H and O–H groups in total. The number of nitrogens with one attached hydrogen (secondary N) is 1. The van der Waals surface area contributed by atoms with Crippen LogP contribution in [0.5, 0.6) is 0 Å². The second-order valence-corrected chi connectivity index (χ2v) is 3.90. The number of carboxylic acids is 2. The van der Waals surface area contributed by atoms with E-state index >= 15 is 0 Å². The van der Waals surface area contributed by atoms with Crippen LogP contribution >= 0.6 is 0 Å². The highest BCUT2D eigenvalue weighted by molar-refractivity contribution is 5.83. The number of carbonyl (C=O) groups excluding carboxylic acids is 1. The molecular weight excluding hydrogens is 252 g/mol. The molecule has 0 aliphatic heterocycles. The van der Waals surface area contributed by atoms with Crippen LogP contribution in [0.1, 0.15) is 26.2 Å². The average Bonchev–Trinajstić information content (AvgIpc) is 2.33. The molecule has 19 heavy (non-hydrogen) atoms. The molecule has 0 spiro atoms. The van der Waals surface area contributed by atoms with Crippen molar-refractivity contribution in [3.63, 3.8) is 0 Å². The van der Waals surface area contributed by atoms with Crippen LogP contribution in [-0.4, -0.2) is 52.2 Å². The van der Waals surface area contributed by atoms with Gasteiger partial charge in [-0.3, -0.25) is 4.79 Å². The maximum absolute atomic E-state index is 11.8. The molecule has 0 heterocycles. The van der Waals surface area contributed by atoms with Gasteiger partial charge in [0.1, 0.15) is 6.04 Å². The molecule has 0 aliphatic carbocycles. The first-order valence-electron chi connectivity index (χ1n) is 5.85. The zero-order valence-corrected chi connectivity index (χ0v) is 10.8. The number of rotatable bonds is 8. The molecule has 0 rings (SSSR count). The Morgan fingerprint density at radius 2 is 2.00 bits per heavy atom. The predicted octanol–water partition coefficient (Wildman–Crippen LogP) is 0.359. The molecule has 0 aromatic rings. The SMILES string of the molecule is C#CCN(CCC)C(=O)N[C@@H](CCC(=O)O)C(=O)O. The fourth-order valence-electron chi connectivity index (χ4n) is 1.40. The zero-order chi connectivity index (χ0) is 14.8. The van der Waals surface area contributed by atoms with E-state index in [4.69, 9.17) is 16.6 Å². The molecule has 0 aromatic heterocycles. The lowest BCUT2D eigenvalue weighted by Gasteiger charge is -2.22. The maximum atomic E-state index is 11.8. The van der Waals surface area contributed by atoms with Gasteiger partial charge in [-0.25, -0.2) is 9.59 Å². The highest BCUT2D eigenvalue weighted by Gasteiger charge is 2.23. The lowest BCUT2D eigenvalue weighted by molar-refractivity contribution is -0.140. The van der Waals surface area contributed by atoms with Crippen molar-refractivity contribution in [1.29, 1.82) is 0 Å². The molecule has 0 unspecified atom stereocenters. The van der Waals surface area contributed by atoms with Gasteiger partial charge in [0.2, 0.25) is 0 Å². The van der Waals surface area contributed by atoms with Crippen molar-refractivity contribution in [3.05, 3.63) is 0 Å². The molecule has 1 atom stereocenters. The van der Waals surface area contributed by atoms with Crippen LogP contribution in [0.3, 0.4) is 0 Å². The summed E-state index contributed by atoms with van der Waals surface area (Å²) in [6, 6.07) is -1.83. The molecule has 0 radical (unpaired) electrons. The van der Waals surface area contributed by atoms with Gasteiger partial charge >= 0.3 is 18.0 Å². The number of carboxylic acid groups (broad SMARTS) is 2. The zero-order valence-electron chi connectivity index (χ0n) is 10.8. The van der Waals surface area contributed by atoms with Gasteiger partial charge < -0.3 is 20.4 Å². The van der Waals surface area contributed by atoms with Crippen molar-refractivity contribution in [3.8, 4) is 12.3 Å². The van der Waals surface area contributed by atoms with Gasteiger partial charge in [-0.15, -0.1) is 6.42 Å². The van der Waals surface area contributed by atoms with Crippen LogP contribution in [0, 0.1) is 12.3 Å². The second kappa shape index (κ2) is 8.80. The first-order valence-corrected chi connectivity index (χ1v) is 5.85. The second-order valence-electron chi connectivity index (χ2n) is 3.90. The van der Waals surface area contributed by atoms with Crippen molar-refractivity contribution in [2.24, 2.45) is 0 Å². The Hall–Kier alpha value is -2.23. The largest absolute Gasteiger partial charge is 0.481 e. The molecular formula is C12H18N2O5. The third kappa shape index (κ3) is 6.93. The van der Waals surface area contributed by atoms with Crippen LogP contribution in [0.2, 0.25) is 0 Å². The number of hydrogen-bond donors (Lipinski definition) is 3. The molecule has 0 saturated heterocycles. The number of amides is 2. The van der Waals surface area contributed by atoms with Crippen molar-refractivity contribution in [2.45, 2.75) is 32.2 Å². The van der Waals surface area contributed by atoms with E-state index in [2.05, 4.69) is 11.2 Å². The number of carbonyl (C=O) groups is 3. The molecule has 0 aromatic carbocycles. The molecule has 0 saturated carbocycles. The fourth-order valence-corrected chi connectivity index (χ4v) is 1.40. The van der Waals surface area contributed by atoms with Crippen LogP contribution < -0.4 is 5.32 Å². The summed E-state index contributed by atoms with van der Waals surface area (Å²) in [6.07, 6.45) is 5.30. The van der Waals surface area contributed by atoms with Gasteiger partial charge in [0.05, 0.1) is 6.54 Å². The van der Waals surface area contributed by atoms with Crippen molar-refractivity contribution < 1.29 is 24.6 Å². The number of nitrogens with zero attached hydrogens (tertiary/aromatic N) is 1. The van der Waals surface area contributed by atoms with Gasteiger partial charge in [-0.2, -0.15) is 0 Å². The molecule has 2 amide bonds. The number of aliphatic carboxylic acids is 2. The summed E-state index contributed by atoms with van der Waals surface area (Å²) in [5.41, 5.74) is 0. The first-order chi connectivity index (χ1) is 8.92. The molecule has 7 heteroatoms. The standard InChI is InChI=1S/C12H18N2O5/c1-3-7-14(8-4-2)12(19)13-9(11(17)18)5-6-10(15)16/h1,9H,4-8H2,2H3,(H,13,19)(H,15,16)(H,17,18)/t9-/m0/s1. The van der Waals surface area contributed by atoms with Crippen LogP contribution in [0.4, 0.5) is 4.79 Å². The topological polar surface area (TPSA) is 107 Å². The molecule has 0 bridgehead atoms. The van der Waals surface area contributed by atoms with Crippen LogP contribution in [0.15, 0.2) is 0 Å². The Labute approximate surface area is 111 Å². The molecule has 0 aliphatic rings. The third-order valence-corrected chi connectivity index (χ3v) is 2.31. The van der Waals surface area contributed by atoms with E-state index in [1.807, 2.05) is 6.92 Å². The van der Waals surface area contributed by atoms with Crippen molar-refractivity contribution in [2.75, 3.05) is 13.1 Å². The smallest absolute Gasteiger partial charge is 0.326 e. The van der Waals surface area contributed by atoms with Gasteiger partial charge in [0.25, 0.3) is 0 Å². The van der Waals surface area contributed by atoms with E-state index in [1.54, 1.807) is 0 Å². The summed E-state index contributed by atoms with van der Waals surface area (Å²) in [7, 11) is 0. The van der Waals surface area contributed by atoms with Crippen molar-refractivity contribution >= 4 is 18.0 Å². The lowest BCUT2D eigenvalue weighted by atomic mass is 10.1. The minimum atomic E-state index is -1.27. The maximum Gasteiger partial charge on any atom is 0.326 e. The van der Waals surface area contributed by atoms with E-state index in [0.29, 0.717) is 13.0 Å². The van der Waals surface area contributed by atoms with Crippen LogP contribution in [-0.2, 0) is 9.59 Å². The summed E-state index contributed by atoms with van der Waals surface area (Å²) in [5.74, 6) is -0.0779. The Morgan fingerprint density at radius 1 is 1.37 bits per heavy atom. The third-order valence-electron chi connectivity index (χ3n) is 2.31. The minimum absolute atomic E-state index is 0.0743. The van der Waals surface area contributed by atoms with Gasteiger partial charge in [-0.1, -0.05) is 12.8 Å². The lowest BCUT2D eigenvalue weighted by Crippen LogP contribution is -2.48. The highest BCUT2D eigenvalue weighted by atomic mass is 16.4. The Morgan fingerprint density at radius 3 is 2.42 bits per heavy atom. The van der Waals surface area contributed by atoms with E-state index in [1.165, 1.54) is 4.90 Å². The average molecular weight is 270 g/mol. The number of terminal acetylenes is 1. The van der Waals surface area contributed by atoms with Crippen LogP contribution in [0.25, 0.3) is 0 Å². The van der Waals surface area contributed by atoms with E-state index < -0.39 is 24.0 Å².